The standard InChI is InChI=1S/C17H24N2O2/c1-4-5-6-7-8-11-15(16(20)14(2)3)18-17(21)19-12-9-10-13-19/h4-8,14H,9-10,12-13H2,1-3H3,(H,18,21)/b5-4-,7-6-. The third-order valence-electron chi connectivity index (χ3n) is 3.13. The molecule has 0 unspecified atom stereocenters. The van der Waals surface area contributed by atoms with E-state index in [1.807, 2.05) is 39.0 Å². The zero-order valence-electron chi connectivity index (χ0n) is 13.1. The largest absolute Gasteiger partial charge is 0.325 e. The molecule has 1 saturated heterocycles. The number of urea groups is 1. The lowest BCUT2D eigenvalue weighted by Crippen LogP contribution is -2.39. The van der Waals surface area contributed by atoms with Crippen LogP contribution in [0.5, 0.6) is 0 Å². The minimum Gasteiger partial charge on any atom is -0.325 e. The summed E-state index contributed by atoms with van der Waals surface area (Å²) in [5, 5.41) is 2.69. The lowest BCUT2D eigenvalue weighted by Gasteiger charge is -2.17. The molecular weight excluding hydrogens is 264 g/mol. The molecule has 1 N–H and O–H groups in total. The first-order valence-electron chi connectivity index (χ1n) is 7.41. The van der Waals surface area contributed by atoms with E-state index in [-0.39, 0.29) is 23.4 Å². The van der Waals surface area contributed by atoms with Gasteiger partial charge in [-0.05, 0) is 25.8 Å². The molecule has 21 heavy (non-hydrogen) atoms. The van der Waals surface area contributed by atoms with E-state index in [4.69, 9.17) is 0 Å². The fraction of sp³-hybridized carbons (Fsp3) is 0.471. The monoisotopic (exact) mass is 288 g/mol. The molecule has 1 aliphatic heterocycles. The number of nitrogens with zero attached hydrogens (tertiary/aromatic N) is 1. The zero-order chi connectivity index (χ0) is 15.7. The maximum absolute atomic E-state index is 12.1. The van der Waals surface area contributed by atoms with E-state index < -0.39 is 0 Å². The van der Waals surface area contributed by atoms with Gasteiger partial charge in [-0.25, -0.2) is 4.79 Å². The summed E-state index contributed by atoms with van der Waals surface area (Å²) in [5.41, 5.74) is 3.11. The zero-order valence-corrected chi connectivity index (χ0v) is 13.1. The summed E-state index contributed by atoms with van der Waals surface area (Å²) >= 11 is 0. The van der Waals surface area contributed by atoms with Crippen LogP contribution >= 0.6 is 0 Å². The first-order chi connectivity index (χ1) is 10.1. The van der Waals surface area contributed by atoms with E-state index in [9.17, 15) is 9.59 Å². The van der Waals surface area contributed by atoms with Crippen molar-refractivity contribution in [1.29, 1.82) is 0 Å². The number of nitrogens with one attached hydrogen (secondary N) is 1. The summed E-state index contributed by atoms with van der Waals surface area (Å²) in [6.07, 6.45) is 11.1. The number of amides is 2. The highest BCUT2D eigenvalue weighted by Crippen LogP contribution is 2.09. The van der Waals surface area contributed by atoms with Crippen LogP contribution in [-0.2, 0) is 4.79 Å². The number of carbonyl (C=O) groups is 2. The van der Waals surface area contributed by atoms with Crippen molar-refractivity contribution in [2.45, 2.75) is 33.6 Å². The SMILES string of the molecule is C/C=C\C=C/C=C=C(NC(=O)N1CCCC1)C(=O)C(C)C. The highest BCUT2D eigenvalue weighted by molar-refractivity contribution is 5.99. The number of hydrogen-bond acceptors (Lipinski definition) is 2. The van der Waals surface area contributed by atoms with Crippen molar-refractivity contribution >= 4 is 11.8 Å². The smallest absolute Gasteiger partial charge is 0.322 e. The van der Waals surface area contributed by atoms with Crippen LogP contribution in [0.15, 0.2) is 41.8 Å². The van der Waals surface area contributed by atoms with Gasteiger partial charge in [0.05, 0.1) is 0 Å². The van der Waals surface area contributed by atoms with E-state index in [0.717, 1.165) is 25.9 Å². The van der Waals surface area contributed by atoms with Gasteiger partial charge in [0.1, 0.15) is 5.70 Å². The molecule has 1 aliphatic rings. The van der Waals surface area contributed by atoms with E-state index >= 15 is 0 Å². The van der Waals surface area contributed by atoms with Gasteiger partial charge >= 0.3 is 6.03 Å². The van der Waals surface area contributed by atoms with Gasteiger partial charge in [0.25, 0.3) is 0 Å². The summed E-state index contributed by atoms with van der Waals surface area (Å²) < 4.78 is 0. The van der Waals surface area contributed by atoms with Crippen LogP contribution in [-0.4, -0.2) is 29.8 Å². The van der Waals surface area contributed by atoms with Crippen LogP contribution in [0.2, 0.25) is 0 Å². The van der Waals surface area contributed by atoms with Crippen LogP contribution < -0.4 is 5.32 Å². The molecule has 0 spiro atoms. The Bertz CT molecular complexity index is 489. The van der Waals surface area contributed by atoms with Crippen LogP contribution in [0, 0.1) is 5.92 Å². The number of allylic oxidation sites excluding steroid dienone is 5. The van der Waals surface area contributed by atoms with Gasteiger partial charge in [-0.2, -0.15) is 0 Å². The first-order valence-corrected chi connectivity index (χ1v) is 7.41. The van der Waals surface area contributed by atoms with Crippen molar-refractivity contribution in [1.82, 2.24) is 10.2 Å². The Morgan fingerprint density at radius 3 is 2.38 bits per heavy atom. The van der Waals surface area contributed by atoms with Gasteiger partial charge in [-0.3, -0.25) is 10.1 Å². The van der Waals surface area contributed by atoms with Gasteiger partial charge in [-0.1, -0.05) is 43.9 Å². The number of hydrogen-bond donors (Lipinski definition) is 1. The molecule has 0 bridgehead atoms. The topological polar surface area (TPSA) is 49.4 Å². The third-order valence-corrected chi connectivity index (χ3v) is 3.13. The average molecular weight is 288 g/mol. The fourth-order valence-electron chi connectivity index (χ4n) is 1.93. The van der Waals surface area contributed by atoms with Gasteiger partial charge < -0.3 is 4.90 Å². The molecule has 0 aromatic heterocycles. The minimum absolute atomic E-state index is 0.113. The molecule has 2 amide bonds. The molecule has 0 atom stereocenters. The van der Waals surface area contributed by atoms with Crippen LogP contribution in [0.25, 0.3) is 0 Å². The van der Waals surface area contributed by atoms with E-state index in [2.05, 4.69) is 11.0 Å². The molecule has 4 nitrogen and oxygen atoms in total. The normalized spacial score (nSPS) is 14.8. The summed E-state index contributed by atoms with van der Waals surface area (Å²) in [6.45, 7) is 7.04. The summed E-state index contributed by atoms with van der Waals surface area (Å²) in [5.74, 6) is -0.294. The van der Waals surface area contributed by atoms with Gasteiger partial charge in [-0.15, -0.1) is 0 Å². The predicted octanol–water partition coefficient (Wildman–Crippen LogP) is 3.19. The molecular formula is C17H24N2O2. The average Bonchev–Trinajstić information content (AvgIpc) is 2.99. The van der Waals surface area contributed by atoms with Crippen molar-refractivity contribution in [3.8, 4) is 0 Å². The molecule has 0 radical (unpaired) electrons. The second-order valence-electron chi connectivity index (χ2n) is 5.24. The highest BCUT2D eigenvalue weighted by atomic mass is 16.2. The Morgan fingerprint density at radius 2 is 1.81 bits per heavy atom. The Balaban J connectivity index is 2.83. The molecule has 4 heteroatoms. The van der Waals surface area contributed by atoms with Crippen LogP contribution in [0.3, 0.4) is 0 Å². The number of carbonyl (C=O) groups excluding carboxylic acids is 2. The number of ketones is 1. The van der Waals surface area contributed by atoms with Gasteiger partial charge in [0, 0.05) is 19.0 Å². The quantitative estimate of drug-likeness (QED) is 0.480. The Kier molecular flexibility index (Phi) is 7.27. The van der Waals surface area contributed by atoms with Crippen molar-refractivity contribution in [3.05, 3.63) is 41.8 Å². The first kappa shape index (κ1) is 17.0. The highest BCUT2D eigenvalue weighted by Gasteiger charge is 2.21. The number of likely N-dealkylation sites (tertiary alicyclic amines) is 1. The molecule has 1 rings (SSSR count). The Hall–Kier alpha value is -2.06. The summed E-state index contributed by atoms with van der Waals surface area (Å²) in [4.78, 5) is 25.9. The minimum atomic E-state index is -0.213. The second kappa shape index (κ2) is 8.98. The molecule has 0 saturated carbocycles. The molecule has 114 valence electrons. The molecule has 1 fully saturated rings. The summed E-state index contributed by atoms with van der Waals surface area (Å²) in [6, 6.07) is -0.213. The van der Waals surface area contributed by atoms with Crippen LogP contribution in [0.1, 0.15) is 33.6 Å². The maximum Gasteiger partial charge on any atom is 0.322 e. The van der Waals surface area contributed by atoms with E-state index in [1.165, 1.54) is 0 Å². The van der Waals surface area contributed by atoms with Crippen molar-refractivity contribution in [2.75, 3.05) is 13.1 Å². The second-order valence-corrected chi connectivity index (χ2v) is 5.24. The Morgan fingerprint density at radius 1 is 1.14 bits per heavy atom. The lowest BCUT2D eigenvalue weighted by atomic mass is 10.1. The Labute approximate surface area is 126 Å². The predicted molar refractivity (Wildman–Crippen MR) is 84.7 cm³/mol. The van der Waals surface area contributed by atoms with Gasteiger partial charge in [0.2, 0.25) is 0 Å². The van der Waals surface area contributed by atoms with Crippen LogP contribution in [0.4, 0.5) is 4.79 Å². The molecule has 0 aromatic carbocycles. The van der Waals surface area contributed by atoms with Crippen molar-refractivity contribution < 1.29 is 9.59 Å². The summed E-state index contributed by atoms with van der Waals surface area (Å²) in [7, 11) is 0. The third kappa shape index (κ3) is 5.84. The van der Waals surface area contributed by atoms with E-state index in [1.54, 1.807) is 17.1 Å². The van der Waals surface area contributed by atoms with E-state index in [0.29, 0.717) is 0 Å². The van der Waals surface area contributed by atoms with Gasteiger partial charge in [0.15, 0.2) is 5.78 Å². The number of rotatable bonds is 5. The number of Topliss-reactive ketones (excluding diaryl/α,β-unsaturated/α-hetero) is 1. The van der Waals surface area contributed by atoms with Crippen molar-refractivity contribution in [2.24, 2.45) is 5.92 Å². The molecule has 1 heterocycles. The molecule has 0 aromatic rings. The fourth-order valence-corrected chi connectivity index (χ4v) is 1.93. The lowest BCUT2D eigenvalue weighted by molar-refractivity contribution is -0.118. The molecule has 0 aliphatic carbocycles. The van der Waals surface area contributed by atoms with Crippen molar-refractivity contribution in [3.63, 3.8) is 0 Å². The maximum atomic E-state index is 12.1.